The molecule has 0 amide bonds. The highest BCUT2D eigenvalue weighted by molar-refractivity contribution is 7.99. The Balaban J connectivity index is 2.49. The minimum absolute atomic E-state index is 0.0849. The normalized spacial score (nSPS) is 11.8. The van der Waals surface area contributed by atoms with E-state index in [1.165, 1.54) is 5.56 Å². The van der Waals surface area contributed by atoms with E-state index in [0.29, 0.717) is 5.56 Å². The number of aromatic nitrogens is 2. The second-order valence-electron chi connectivity index (χ2n) is 4.24. The molecule has 1 heterocycles. The van der Waals surface area contributed by atoms with Crippen molar-refractivity contribution in [1.82, 2.24) is 9.78 Å². The molecule has 1 aromatic carbocycles. The lowest BCUT2D eigenvalue weighted by Gasteiger charge is -2.07. The molecule has 2 rings (SSSR count). The third kappa shape index (κ3) is 2.58. The Hall–Kier alpha value is -1.95. The number of hydrogen-bond donors (Lipinski definition) is 2. The maximum atomic E-state index is 8.88. The van der Waals surface area contributed by atoms with Gasteiger partial charge in [-0.05, 0) is 25.5 Å². The molecule has 0 radical (unpaired) electrons. The smallest absolute Gasteiger partial charge is 0.174 e. The van der Waals surface area contributed by atoms with E-state index in [2.05, 4.69) is 23.2 Å². The minimum atomic E-state index is 0.0849. The number of oxime groups is 1. The summed E-state index contributed by atoms with van der Waals surface area (Å²) in [6.07, 6.45) is 0. The van der Waals surface area contributed by atoms with Crippen LogP contribution in [0.5, 0.6) is 0 Å². The van der Waals surface area contributed by atoms with Gasteiger partial charge in [-0.25, -0.2) is 0 Å². The summed E-state index contributed by atoms with van der Waals surface area (Å²) >= 11 is 1.56. The van der Waals surface area contributed by atoms with Crippen molar-refractivity contribution in [2.75, 3.05) is 0 Å². The van der Waals surface area contributed by atoms with E-state index in [4.69, 9.17) is 10.9 Å². The van der Waals surface area contributed by atoms with Gasteiger partial charge in [0.15, 0.2) is 5.84 Å². The lowest BCUT2D eigenvalue weighted by atomic mass is 10.2. The van der Waals surface area contributed by atoms with E-state index < -0.39 is 0 Å². The summed E-state index contributed by atoms with van der Waals surface area (Å²) in [4.78, 5) is 1.12. The fourth-order valence-electron chi connectivity index (χ4n) is 1.87. The summed E-state index contributed by atoms with van der Waals surface area (Å²) in [6, 6.07) is 8.08. The largest absolute Gasteiger partial charge is 0.409 e. The standard InChI is InChI=1S/C13H16N4OS/c1-8-6-4-5-7-10(8)19-13-11(12(14)16-18)9(2)15-17(13)3/h4-7,18H,1-3H3,(H2,14,16). The first-order valence-electron chi connectivity index (χ1n) is 5.79. The van der Waals surface area contributed by atoms with Crippen LogP contribution in [-0.4, -0.2) is 20.8 Å². The summed E-state index contributed by atoms with van der Waals surface area (Å²) in [7, 11) is 1.85. The van der Waals surface area contributed by atoms with Crippen molar-refractivity contribution < 1.29 is 5.21 Å². The number of nitrogens with two attached hydrogens (primary N) is 1. The van der Waals surface area contributed by atoms with Crippen LogP contribution in [0.4, 0.5) is 0 Å². The van der Waals surface area contributed by atoms with E-state index in [-0.39, 0.29) is 5.84 Å². The molecule has 19 heavy (non-hydrogen) atoms. The summed E-state index contributed by atoms with van der Waals surface area (Å²) < 4.78 is 1.75. The van der Waals surface area contributed by atoms with Crippen LogP contribution < -0.4 is 5.73 Å². The average Bonchev–Trinajstić information content (AvgIpc) is 2.66. The highest BCUT2D eigenvalue weighted by atomic mass is 32.2. The van der Waals surface area contributed by atoms with Crippen LogP contribution in [0.3, 0.4) is 0 Å². The molecule has 100 valence electrons. The van der Waals surface area contributed by atoms with Crippen molar-refractivity contribution in [2.45, 2.75) is 23.8 Å². The van der Waals surface area contributed by atoms with Gasteiger partial charge >= 0.3 is 0 Å². The summed E-state index contributed by atoms with van der Waals surface area (Å²) in [5.74, 6) is 0.0849. The van der Waals surface area contributed by atoms with Crippen molar-refractivity contribution in [2.24, 2.45) is 17.9 Å². The lowest BCUT2D eigenvalue weighted by molar-refractivity contribution is 0.318. The molecule has 0 saturated carbocycles. The molecule has 0 aliphatic rings. The highest BCUT2D eigenvalue weighted by Gasteiger charge is 2.18. The van der Waals surface area contributed by atoms with E-state index >= 15 is 0 Å². The van der Waals surface area contributed by atoms with Gasteiger partial charge in [0.25, 0.3) is 0 Å². The molecule has 1 aromatic heterocycles. The zero-order chi connectivity index (χ0) is 14.0. The van der Waals surface area contributed by atoms with Gasteiger partial charge in [-0.1, -0.05) is 35.1 Å². The number of hydrogen-bond acceptors (Lipinski definition) is 4. The fraction of sp³-hybridized carbons (Fsp3) is 0.231. The molecule has 0 aliphatic carbocycles. The molecule has 0 fully saturated rings. The number of aryl methyl sites for hydroxylation is 3. The fourth-order valence-corrected chi connectivity index (χ4v) is 2.99. The molecular weight excluding hydrogens is 260 g/mol. The van der Waals surface area contributed by atoms with Crippen molar-refractivity contribution >= 4 is 17.6 Å². The Bertz CT molecular complexity index is 634. The van der Waals surface area contributed by atoms with Gasteiger partial charge in [0, 0.05) is 11.9 Å². The summed E-state index contributed by atoms with van der Waals surface area (Å²) in [6.45, 7) is 3.89. The Morgan fingerprint density at radius 3 is 2.68 bits per heavy atom. The van der Waals surface area contributed by atoms with Gasteiger partial charge in [-0.2, -0.15) is 5.10 Å². The first-order valence-corrected chi connectivity index (χ1v) is 6.61. The van der Waals surface area contributed by atoms with Crippen molar-refractivity contribution in [3.05, 3.63) is 41.1 Å². The first-order chi connectivity index (χ1) is 9.04. The predicted octanol–water partition coefficient (Wildman–Crippen LogP) is 2.28. The van der Waals surface area contributed by atoms with Crippen LogP contribution >= 0.6 is 11.8 Å². The highest BCUT2D eigenvalue weighted by Crippen LogP contribution is 2.33. The minimum Gasteiger partial charge on any atom is -0.409 e. The molecule has 0 bridgehead atoms. The zero-order valence-corrected chi connectivity index (χ0v) is 11.9. The molecule has 0 unspecified atom stereocenters. The third-order valence-electron chi connectivity index (χ3n) is 2.83. The van der Waals surface area contributed by atoms with Crippen LogP contribution in [-0.2, 0) is 7.05 Å². The Kier molecular flexibility index (Phi) is 3.80. The monoisotopic (exact) mass is 276 g/mol. The average molecular weight is 276 g/mol. The van der Waals surface area contributed by atoms with Crippen molar-refractivity contribution in [3.63, 3.8) is 0 Å². The van der Waals surface area contributed by atoms with E-state index in [9.17, 15) is 0 Å². The first kappa shape index (κ1) is 13.5. The van der Waals surface area contributed by atoms with Crippen LogP contribution in [0.15, 0.2) is 39.3 Å². The second kappa shape index (κ2) is 5.36. The quantitative estimate of drug-likeness (QED) is 0.390. The van der Waals surface area contributed by atoms with Gasteiger partial charge in [-0.15, -0.1) is 0 Å². The molecule has 0 saturated heterocycles. The molecule has 2 aromatic rings. The molecule has 5 nitrogen and oxygen atoms in total. The summed E-state index contributed by atoms with van der Waals surface area (Å²) in [5, 5.41) is 17.2. The molecule has 0 aliphatic heterocycles. The maximum Gasteiger partial charge on any atom is 0.174 e. The topological polar surface area (TPSA) is 76.4 Å². The van der Waals surface area contributed by atoms with E-state index in [1.54, 1.807) is 16.4 Å². The van der Waals surface area contributed by atoms with Crippen LogP contribution in [0.2, 0.25) is 0 Å². The SMILES string of the molecule is Cc1ccccc1Sc1c(/C(N)=N/O)c(C)nn1C. The Morgan fingerprint density at radius 2 is 2.05 bits per heavy atom. The van der Waals surface area contributed by atoms with Crippen LogP contribution in [0.1, 0.15) is 16.8 Å². The Morgan fingerprint density at radius 1 is 1.37 bits per heavy atom. The van der Waals surface area contributed by atoms with Crippen LogP contribution in [0.25, 0.3) is 0 Å². The summed E-state index contributed by atoms with van der Waals surface area (Å²) in [5.41, 5.74) is 8.34. The third-order valence-corrected chi connectivity index (χ3v) is 4.17. The number of nitrogens with zero attached hydrogens (tertiary/aromatic N) is 3. The van der Waals surface area contributed by atoms with Crippen molar-refractivity contribution in [1.29, 1.82) is 0 Å². The molecule has 3 N–H and O–H groups in total. The van der Waals surface area contributed by atoms with Gasteiger partial charge in [0.1, 0.15) is 5.03 Å². The van der Waals surface area contributed by atoms with Gasteiger partial charge in [-0.3, -0.25) is 4.68 Å². The van der Waals surface area contributed by atoms with Gasteiger partial charge in [0.05, 0.1) is 11.3 Å². The molecule has 6 heteroatoms. The maximum absolute atomic E-state index is 8.88. The zero-order valence-electron chi connectivity index (χ0n) is 11.1. The molecule has 0 atom stereocenters. The number of rotatable bonds is 3. The van der Waals surface area contributed by atoms with Gasteiger partial charge in [0.2, 0.25) is 0 Å². The second-order valence-corrected chi connectivity index (χ2v) is 5.27. The molecular formula is C13H16N4OS. The molecule has 0 spiro atoms. The lowest BCUT2D eigenvalue weighted by Crippen LogP contribution is -2.15. The predicted molar refractivity (Wildman–Crippen MR) is 75.8 cm³/mol. The van der Waals surface area contributed by atoms with Crippen molar-refractivity contribution in [3.8, 4) is 0 Å². The van der Waals surface area contributed by atoms with Crippen LogP contribution in [0, 0.1) is 13.8 Å². The van der Waals surface area contributed by atoms with E-state index in [0.717, 1.165) is 15.6 Å². The number of benzene rings is 1. The Labute approximate surface area is 116 Å². The van der Waals surface area contributed by atoms with E-state index in [1.807, 2.05) is 32.2 Å². The van der Waals surface area contributed by atoms with Gasteiger partial charge < -0.3 is 10.9 Å². The number of amidine groups is 1.